The monoisotopic (exact) mass is 238 g/mol. The minimum absolute atomic E-state index is 0.122. The van der Waals surface area contributed by atoms with E-state index in [1.54, 1.807) is 6.07 Å². The summed E-state index contributed by atoms with van der Waals surface area (Å²) in [5.41, 5.74) is 4.15. The summed E-state index contributed by atoms with van der Waals surface area (Å²) in [6.45, 7) is 5.38. The summed E-state index contributed by atoms with van der Waals surface area (Å²) >= 11 is 0. The molecular weight excluding hydrogens is 219 g/mol. The number of nitrogens with one attached hydrogen (secondary N) is 1. The maximum absolute atomic E-state index is 13.5. The molecule has 94 valence electrons. The summed E-state index contributed by atoms with van der Waals surface area (Å²) in [7, 11) is 0. The zero-order valence-corrected chi connectivity index (χ0v) is 10.2. The predicted molar refractivity (Wildman–Crippen MR) is 65.1 cm³/mol. The Morgan fingerprint density at radius 3 is 2.76 bits per heavy atom. The fourth-order valence-corrected chi connectivity index (χ4v) is 2.04. The zero-order valence-electron chi connectivity index (χ0n) is 10.2. The van der Waals surface area contributed by atoms with Gasteiger partial charge in [-0.25, -0.2) is 9.40 Å². The van der Waals surface area contributed by atoms with Crippen molar-refractivity contribution in [3.05, 3.63) is 35.6 Å². The quantitative estimate of drug-likeness (QED) is 0.862. The third-order valence-electron chi connectivity index (χ3n) is 2.90. The lowest BCUT2D eigenvalue weighted by Crippen LogP contribution is -2.49. The van der Waals surface area contributed by atoms with Crippen LogP contribution in [-0.2, 0) is 11.2 Å². The van der Waals surface area contributed by atoms with Gasteiger partial charge in [0.05, 0.1) is 13.2 Å². The molecule has 0 aromatic heterocycles. The molecular formula is C13H19FN2O. The van der Waals surface area contributed by atoms with Crippen molar-refractivity contribution in [3.63, 3.8) is 0 Å². The summed E-state index contributed by atoms with van der Waals surface area (Å²) in [6.07, 6.45) is 0.698. The van der Waals surface area contributed by atoms with Crippen molar-refractivity contribution in [2.45, 2.75) is 19.4 Å². The third-order valence-corrected chi connectivity index (χ3v) is 2.90. The van der Waals surface area contributed by atoms with E-state index < -0.39 is 0 Å². The highest BCUT2D eigenvalue weighted by atomic mass is 19.1. The second-order valence-corrected chi connectivity index (χ2v) is 4.43. The highest BCUT2D eigenvalue weighted by Gasteiger charge is 2.14. The van der Waals surface area contributed by atoms with Gasteiger partial charge >= 0.3 is 0 Å². The summed E-state index contributed by atoms with van der Waals surface area (Å²) in [4.78, 5) is 0. The molecule has 1 N–H and O–H groups in total. The van der Waals surface area contributed by atoms with E-state index in [-0.39, 0.29) is 11.9 Å². The predicted octanol–water partition coefficient (Wildman–Crippen LogP) is 1.59. The van der Waals surface area contributed by atoms with Crippen LogP contribution in [0.25, 0.3) is 0 Å². The Morgan fingerprint density at radius 1 is 1.35 bits per heavy atom. The van der Waals surface area contributed by atoms with Crippen LogP contribution >= 0.6 is 0 Å². The van der Waals surface area contributed by atoms with E-state index in [0.29, 0.717) is 6.42 Å². The van der Waals surface area contributed by atoms with Crippen molar-refractivity contribution in [2.75, 3.05) is 26.3 Å². The zero-order chi connectivity index (χ0) is 12.1. The summed E-state index contributed by atoms with van der Waals surface area (Å²) in [5.74, 6) is -0.122. The van der Waals surface area contributed by atoms with Crippen LogP contribution in [0, 0.1) is 5.82 Å². The number of benzene rings is 1. The number of morpholine rings is 1. The van der Waals surface area contributed by atoms with Gasteiger partial charge in [-0.05, 0) is 25.0 Å². The molecule has 1 saturated heterocycles. The van der Waals surface area contributed by atoms with Crippen LogP contribution in [-0.4, -0.2) is 37.4 Å². The lowest BCUT2D eigenvalue weighted by molar-refractivity contribution is 0.00505. The lowest BCUT2D eigenvalue weighted by atomic mass is 10.1. The van der Waals surface area contributed by atoms with Crippen LogP contribution in [0.1, 0.15) is 12.5 Å². The second-order valence-electron chi connectivity index (χ2n) is 4.43. The number of halogens is 1. The van der Waals surface area contributed by atoms with Crippen LogP contribution in [0.3, 0.4) is 0 Å². The van der Waals surface area contributed by atoms with Crippen molar-refractivity contribution in [2.24, 2.45) is 0 Å². The molecule has 1 heterocycles. The first kappa shape index (κ1) is 12.5. The normalized spacial score (nSPS) is 19.2. The van der Waals surface area contributed by atoms with E-state index in [1.807, 2.05) is 12.1 Å². The lowest BCUT2D eigenvalue weighted by Gasteiger charge is -2.30. The molecule has 0 aliphatic carbocycles. The molecule has 1 aliphatic rings. The van der Waals surface area contributed by atoms with E-state index in [4.69, 9.17) is 4.74 Å². The van der Waals surface area contributed by atoms with Crippen LogP contribution in [0.15, 0.2) is 24.3 Å². The Bertz CT molecular complexity index is 353. The van der Waals surface area contributed by atoms with Gasteiger partial charge in [-0.2, -0.15) is 0 Å². The summed E-state index contributed by atoms with van der Waals surface area (Å²) in [5, 5.41) is 2.15. The van der Waals surface area contributed by atoms with Gasteiger partial charge in [0, 0.05) is 19.1 Å². The maximum Gasteiger partial charge on any atom is 0.126 e. The highest BCUT2D eigenvalue weighted by molar-refractivity contribution is 5.18. The molecule has 1 fully saturated rings. The second kappa shape index (κ2) is 6.10. The van der Waals surface area contributed by atoms with Gasteiger partial charge in [0.2, 0.25) is 0 Å². The first-order valence-electron chi connectivity index (χ1n) is 6.08. The Labute approximate surface area is 102 Å². The summed E-state index contributed by atoms with van der Waals surface area (Å²) in [6, 6.07) is 7.17. The minimum Gasteiger partial charge on any atom is -0.379 e. The molecule has 1 aliphatic heterocycles. The van der Waals surface area contributed by atoms with Gasteiger partial charge in [0.15, 0.2) is 0 Å². The molecule has 1 aromatic carbocycles. The molecule has 1 aromatic rings. The third kappa shape index (κ3) is 3.77. The van der Waals surface area contributed by atoms with Gasteiger partial charge in [-0.3, -0.25) is 5.43 Å². The van der Waals surface area contributed by atoms with Gasteiger partial charge in [0.1, 0.15) is 5.82 Å². The number of rotatable bonds is 4. The molecule has 0 spiro atoms. The molecule has 17 heavy (non-hydrogen) atoms. The molecule has 2 rings (SSSR count). The van der Waals surface area contributed by atoms with Crippen LogP contribution in [0.4, 0.5) is 4.39 Å². The molecule has 0 bridgehead atoms. The Balaban J connectivity index is 1.84. The van der Waals surface area contributed by atoms with Crippen molar-refractivity contribution in [3.8, 4) is 0 Å². The van der Waals surface area contributed by atoms with E-state index in [1.165, 1.54) is 6.07 Å². The first-order chi connectivity index (χ1) is 8.25. The first-order valence-corrected chi connectivity index (χ1v) is 6.08. The molecule has 0 amide bonds. The van der Waals surface area contributed by atoms with E-state index in [2.05, 4.69) is 17.4 Å². The van der Waals surface area contributed by atoms with Crippen LogP contribution in [0.5, 0.6) is 0 Å². The average molecular weight is 238 g/mol. The fourth-order valence-electron chi connectivity index (χ4n) is 2.04. The van der Waals surface area contributed by atoms with Gasteiger partial charge in [-0.15, -0.1) is 0 Å². The smallest absolute Gasteiger partial charge is 0.126 e. The Kier molecular flexibility index (Phi) is 4.48. The standard InChI is InChI=1S/C13H19FN2O/c1-11(15-16-6-8-17-9-7-16)10-12-4-2-3-5-13(12)14/h2-5,11,15H,6-10H2,1H3/t11-/m1/s1. The van der Waals surface area contributed by atoms with E-state index in [0.717, 1.165) is 31.9 Å². The van der Waals surface area contributed by atoms with Crippen molar-refractivity contribution < 1.29 is 9.13 Å². The van der Waals surface area contributed by atoms with Crippen LogP contribution < -0.4 is 5.43 Å². The summed E-state index contributed by atoms with van der Waals surface area (Å²) < 4.78 is 18.7. The molecule has 3 nitrogen and oxygen atoms in total. The largest absolute Gasteiger partial charge is 0.379 e. The average Bonchev–Trinajstić information content (AvgIpc) is 2.33. The number of ether oxygens (including phenoxy) is 1. The molecule has 1 atom stereocenters. The van der Waals surface area contributed by atoms with Crippen molar-refractivity contribution in [1.82, 2.24) is 10.4 Å². The number of hydrogen-bond acceptors (Lipinski definition) is 3. The molecule has 0 saturated carbocycles. The maximum atomic E-state index is 13.5. The van der Waals surface area contributed by atoms with Gasteiger partial charge < -0.3 is 4.74 Å². The fraction of sp³-hybridized carbons (Fsp3) is 0.538. The minimum atomic E-state index is -0.122. The molecule has 0 radical (unpaired) electrons. The molecule has 0 unspecified atom stereocenters. The van der Waals surface area contributed by atoms with Gasteiger partial charge in [-0.1, -0.05) is 18.2 Å². The van der Waals surface area contributed by atoms with E-state index >= 15 is 0 Å². The number of hydrogen-bond donors (Lipinski definition) is 1. The van der Waals surface area contributed by atoms with E-state index in [9.17, 15) is 4.39 Å². The Hall–Kier alpha value is -0.970. The molecule has 4 heteroatoms. The van der Waals surface area contributed by atoms with Gasteiger partial charge in [0.25, 0.3) is 0 Å². The number of hydrazine groups is 1. The highest BCUT2D eigenvalue weighted by Crippen LogP contribution is 2.09. The topological polar surface area (TPSA) is 24.5 Å². The number of nitrogens with zero attached hydrogens (tertiary/aromatic N) is 1. The van der Waals surface area contributed by atoms with Crippen molar-refractivity contribution in [1.29, 1.82) is 0 Å². The Morgan fingerprint density at radius 2 is 2.06 bits per heavy atom. The SMILES string of the molecule is C[C@H](Cc1ccccc1F)NN1CCOCC1. The van der Waals surface area contributed by atoms with Crippen molar-refractivity contribution >= 4 is 0 Å². The van der Waals surface area contributed by atoms with Crippen LogP contribution in [0.2, 0.25) is 0 Å².